The Morgan fingerprint density at radius 2 is 1.78 bits per heavy atom. The van der Waals surface area contributed by atoms with Gasteiger partial charge in [-0.3, -0.25) is 0 Å². The third-order valence-electron chi connectivity index (χ3n) is 3.99. The van der Waals surface area contributed by atoms with E-state index in [0.29, 0.717) is 5.01 Å². The maximum absolute atomic E-state index is 11.0. The van der Waals surface area contributed by atoms with Gasteiger partial charge in [-0.2, -0.15) is 0 Å². The molecule has 0 radical (unpaired) electrons. The van der Waals surface area contributed by atoms with Crippen molar-refractivity contribution in [2.75, 3.05) is 7.11 Å². The van der Waals surface area contributed by atoms with Gasteiger partial charge in [0.1, 0.15) is 16.4 Å². The lowest BCUT2D eigenvalue weighted by molar-refractivity contribution is 0.102. The zero-order valence-corrected chi connectivity index (χ0v) is 14.2. The summed E-state index contributed by atoms with van der Waals surface area (Å²) in [4.78, 5) is 4.67. The summed E-state index contributed by atoms with van der Waals surface area (Å²) < 4.78 is 5.17. The zero-order chi connectivity index (χ0) is 16.4. The van der Waals surface area contributed by atoms with Crippen LogP contribution in [0.3, 0.4) is 0 Å². The van der Waals surface area contributed by atoms with Crippen molar-refractivity contribution >= 4 is 11.3 Å². The van der Waals surface area contributed by atoms with Gasteiger partial charge in [-0.1, -0.05) is 36.4 Å². The van der Waals surface area contributed by atoms with Crippen LogP contribution in [0.2, 0.25) is 0 Å². The largest absolute Gasteiger partial charge is 0.497 e. The van der Waals surface area contributed by atoms with Crippen molar-refractivity contribution in [2.24, 2.45) is 0 Å². The SMILES string of the molecule is COc1ccc(C(C)(O)c2nc(-c3ccccc3C)cs2)cc1. The summed E-state index contributed by atoms with van der Waals surface area (Å²) >= 11 is 1.47. The van der Waals surface area contributed by atoms with E-state index in [9.17, 15) is 5.11 Å². The molecule has 118 valence electrons. The minimum atomic E-state index is -1.13. The van der Waals surface area contributed by atoms with E-state index in [4.69, 9.17) is 4.74 Å². The van der Waals surface area contributed by atoms with Gasteiger partial charge in [-0.15, -0.1) is 11.3 Å². The van der Waals surface area contributed by atoms with E-state index in [1.165, 1.54) is 16.9 Å². The van der Waals surface area contributed by atoms with Crippen molar-refractivity contribution in [3.8, 4) is 17.0 Å². The number of thiazole rings is 1. The molecule has 3 rings (SSSR count). The molecule has 0 saturated carbocycles. The molecule has 0 bridgehead atoms. The molecule has 2 aromatic carbocycles. The van der Waals surface area contributed by atoms with Gasteiger partial charge < -0.3 is 9.84 Å². The Bertz CT molecular complexity index is 806. The lowest BCUT2D eigenvalue weighted by Crippen LogP contribution is -2.22. The molecule has 1 N–H and O–H groups in total. The number of ether oxygens (including phenoxy) is 1. The highest BCUT2D eigenvalue weighted by molar-refractivity contribution is 7.10. The van der Waals surface area contributed by atoms with Crippen molar-refractivity contribution in [1.29, 1.82) is 0 Å². The molecule has 0 saturated heterocycles. The normalized spacial score (nSPS) is 13.6. The van der Waals surface area contributed by atoms with Crippen LogP contribution in [0.1, 0.15) is 23.1 Å². The number of hydrogen-bond donors (Lipinski definition) is 1. The summed E-state index contributed by atoms with van der Waals surface area (Å²) in [6, 6.07) is 15.6. The Morgan fingerprint density at radius 1 is 1.09 bits per heavy atom. The van der Waals surface area contributed by atoms with Gasteiger partial charge in [0.15, 0.2) is 0 Å². The molecule has 0 aliphatic rings. The molecule has 0 fully saturated rings. The summed E-state index contributed by atoms with van der Waals surface area (Å²) in [7, 11) is 1.63. The minimum Gasteiger partial charge on any atom is -0.497 e. The van der Waals surface area contributed by atoms with Crippen LogP contribution < -0.4 is 4.74 Å². The summed E-state index contributed by atoms with van der Waals surface area (Å²) in [5.41, 5.74) is 2.84. The fourth-order valence-electron chi connectivity index (χ4n) is 2.52. The quantitative estimate of drug-likeness (QED) is 0.774. The summed E-state index contributed by atoms with van der Waals surface area (Å²) in [5.74, 6) is 0.768. The number of rotatable bonds is 4. The van der Waals surface area contributed by atoms with Crippen molar-refractivity contribution in [3.63, 3.8) is 0 Å². The minimum absolute atomic E-state index is 0.681. The first-order valence-electron chi connectivity index (χ1n) is 7.41. The second-order valence-corrected chi connectivity index (χ2v) is 6.51. The maximum atomic E-state index is 11.0. The standard InChI is InChI=1S/C19H19NO2S/c1-13-6-4-5-7-16(13)17-12-23-18(20-17)19(2,21)14-8-10-15(22-3)11-9-14/h4-12,21H,1-3H3. The molecule has 1 heterocycles. The van der Waals surface area contributed by atoms with Crippen LogP contribution in [-0.4, -0.2) is 17.2 Å². The molecule has 0 amide bonds. The molecule has 23 heavy (non-hydrogen) atoms. The van der Waals surface area contributed by atoms with E-state index in [1.54, 1.807) is 14.0 Å². The van der Waals surface area contributed by atoms with Gasteiger partial charge in [0.25, 0.3) is 0 Å². The molecular weight excluding hydrogens is 306 g/mol. The van der Waals surface area contributed by atoms with Crippen LogP contribution in [0.15, 0.2) is 53.9 Å². The first-order chi connectivity index (χ1) is 11.0. The number of hydrogen-bond acceptors (Lipinski definition) is 4. The number of nitrogens with zero attached hydrogens (tertiary/aromatic N) is 1. The van der Waals surface area contributed by atoms with Crippen LogP contribution in [0.25, 0.3) is 11.3 Å². The summed E-state index contributed by atoms with van der Waals surface area (Å²) in [6.07, 6.45) is 0. The Morgan fingerprint density at radius 3 is 2.43 bits per heavy atom. The van der Waals surface area contributed by atoms with Gasteiger partial charge in [0.05, 0.1) is 12.8 Å². The lowest BCUT2D eigenvalue weighted by atomic mass is 9.96. The van der Waals surface area contributed by atoms with Crippen molar-refractivity contribution < 1.29 is 9.84 Å². The molecule has 3 aromatic rings. The van der Waals surface area contributed by atoms with Gasteiger partial charge >= 0.3 is 0 Å². The van der Waals surface area contributed by atoms with E-state index in [-0.39, 0.29) is 0 Å². The van der Waals surface area contributed by atoms with Crippen LogP contribution >= 0.6 is 11.3 Å². The summed E-state index contributed by atoms with van der Waals surface area (Å²) in [5, 5.41) is 13.6. The fraction of sp³-hybridized carbons (Fsp3) is 0.211. The number of aryl methyl sites for hydroxylation is 1. The van der Waals surface area contributed by atoms with Crippen LogP contribution in [0, 0.1) is 6.92 Å². The Labute approximate surface area is 140 Å². The molecular formula is C19H19NO2S. The van der Waals surface area contributed by atoms with E-state index in [2.05, 4.69) is 24.0 Å². The first-order valence-corrected chi connectivity index (χ1v) is 8.29. The van der Waals surface area contributed by atoms with Gasteiger partial charge in [0, 0.05) is 10.9 Å². The van der Waals surface area contributed by atoms with Crippen LogP contribution in [-0.2, 0) is 5.60 Å². The summed E-state index contributed by atoms with van der Waals surface area (Å²) in [6.45, 7) is 3.84. The average Bonchev–Trinajstić information content (AvgIpc) is 3.06. The van der Waals surface area contributed by atoms with Crippen molar-refractivity contribution in [3.05, 3.63) is 70.0 Å². The van der Waals surface area contributed by atoms with E-state index in [1.807, 2.05) is 41.8 Å². The molecule has 0 aliphatic heterocycles. The Kier molecular flexibility index (Phi) is 4.20. The Hall–Kier alpha value is -2.17. The third-order valence-corrected chi connectivity index (χ3v) is 5.05. The second kappa shape index (κ2) is 6.14. The Balaban J connectivity index is 1.96. The number of aromatic nitrogens is 1. The highest BCUT2D eigenvalue weighted by atomic mass is 32.1. The van der Waals surface area contributed by atoms with Crippen molar-refractivity contribution in [2.45, 2.75) is 19.4 Å². The van der Waals surface area contributed by atoms with Crippen LogP contribution in [0.4, 0.5) is 0 Å². The van der Waals surface area contributed by atoms with Gasteiger partial charge in [-0.25, -0.2) is 4.98 Å². The molecule has 1 atom stereocenters. The molecule has 1 aromatic heterocycles. The predicted molar refractivity (Wildman–Crippen MR) is 94.0 cm³/mol. The first kappa shape index (κ1) is 15.7. The van der Waals surface area contributed by atoms with Gasteiger partial charge in [0.2, 0.25) is 0 Å². The lowest BCUT2D eigenvalue weighted by Gasteiger charge is -2.21. The zero-order valence-electron chi connectivity index (χ0n) is 13.4. The maximum Gasteiger partial charge on any atom is 0.138 e. The average molecular weight is 325 g/mol. The second-order valence-electron chi connectivity index (χ2n) is 5.65. The molecule has 1 unspecified atom stereocenters. The number of benzene rings is 2. The highest BCUT2D eigenvalue weighted by Gasteiger charge is 2.29. The van der Waals surface area contributed by atoms with Crippen molar-refractivity contribution in [1.82, 2.24) is 4.98 Å². The molecule has 3 nitrogen and oxygen atoms in total. The molecule has 0 spiro atoms. The molecule has 0 aliphatic carbocycles. The van der Waals surface area contributed by atoms with Crippen LogP contribution in [0.5, 0.6) is 5.75 Å². The topological polar surface area (TPSA) is 42.4 Å². The van der Waals surface area contributed by atoms with E-state index >= 15 is 0 Å². The van der Waals surface area contributed by atoms with E-state index in [0.717, 1.165) is 22.6 Å². The smallest absolute Gasteiger partial charge is 0.138 e. The highest BCUT2D eigenvalue weighted by Crippen LogP contribution is 2.35. The third kappa shape index (κ3) is 3.00. The van der Waals surface area contributed by atoms with E-state index < -0.39 is 5.60 Å². The van der Waals surface area contributed by atoms with Gasteiger partial charge in [-0.05, 0) is 37.1 Å². The number of aliphatic hydroxyl groups is 1. The molecule has 4 heteroatoms. The monoisotopic (exact) mass is 325 g/mol. The number of methoxy groups -OCH3 is 1. The predicted octanol–water partition coefficient (Wildman–Crippen LogP) is 4.38. The fourth-order valence-corrected chi connectivity index (χ4v) is 3.42.